The fourth-order valence-electron chi connectivity index (χ4n) is 2.85. The number of rotatable bonds is 2. The largest absolute Gasteiger partial charge is 0.497 e. The number of hydrogen-bond acceptors (Lipinski definition) is 4. The van der Waals surface area contributed by atoms with Gasteiger partial charge in [0.2, 0.25) is 0 Å². The molecule has 1 saturated carbocycles. The molecule has 0 unspecified atom stereocenters. The van der Waals surface area contributed by atoms with Gasteiger partial charge in [-0.2, -0.15) is 0 Å². The number of nitrogens with zero attached hydrogens (tertiary/aromatic N) is 1. The highest BCUT2D eigenvalue weighted by molar-refractivity contribution is 8.14. The van der Waals surface area contributed by atoms with E-state index in [1.807, 2.05) is 23.9 Å². The highest BCUT2D eigenvalue weighted by Gasteiger charge is 2.38. The predicted octanol–water partition coefficient (Wildman–Crippen LogP) is 3.83. The van der Waals surface area contributed by atoms with E-state index in [-0.39, 0.29) is 5.54 Å². The third-order valence-electron chi connectivity index (χ3n) is 4.03. The lowest BCUT2D eigenvalue weighted by atomic mass is 10.0. The summed E-state index contributed by atoms with van der Waals surface area (Å²) in [6.07, 6.45) is 5.18. The van der Waals surface area contributed by atoms with Crippen molar-refractivity contribution in [2.75, 3.05) is 18.2 Å². The topological polar surface area (TPSA) is 33.6 Å². The van der Waals surface area contributed by atoms with Crippen molar-refractivity contribution in [2.45, 2.75) is 38.1 Å². The first kappa shape index (κ1) is 12.9. The number of thioether (sulfide) groups is 1. The Morgan fingerprint density at radius 3 is 2.79 bits per heavy atom. The summed E-state index contributed by atoms with van der Waals surface area (Å²) in [6, 6.07) is 6.10. The smallest absolute Gasteiger partial charge is 0.161 e. The van der Waals surface area contributed by atoms with E-state index in [0.29, 0.717) is 0 Å². The van der Waals surface area contributed by atoms with Crippen LogP contribution in [-0.2, 0) is 0 Å². The Kier molecular flexibility index (Phi) is 3.44. The summed E-state index contributed by atoms with van der Waals surface area (Å²) in [5.41, 5.74) is 2.56. The van der Waals surface area contributed by atoms with Crippen LogP contribution in [0.25, 0.3) is 0 Å². The van der Waals surface area contributed by atoms with Gasteiger partial charge in [0.15, 0.2) is 5.17 Å². The molecule has 1 spiro atoms. The van der Waals surface area contributed by atoms with E-state index in [2.05, 4.69) is 18.3 Å². The maximum Gasteiger partial charge on any atom is 0.161 e. The summed E-state index contributed by atoms with van der Waals surface area (Å²) < 4.78 is 5.23. The first-order valence-electron chi connectivity index (χ1n) is 6.85. The zero-order valence-corrected chi connectivity index (χ0v) is 12.3. The molecular weight excluding hydrogens is 256 g/mol. The van der Waals surface area contributed by atoms with Gasteiger partial charge in [-0.25, -0.2) is 0 Å². The lowest BCUT2D eigenvalue weighted by Crippen LogP contribution is -2.21. The van der Waals surface area contributed by atoms with Crippen molar-refractivity contribution in [2.24, 2.45) is 4.99 Å². The minimum atomic E-state index is 0.243. The van der Waals surface area contributed by atoms with E-state index < -0.39 is 0 Å². The zero-order chi connectivity index (χ0) is 13.3. The van der Waals surface area contributed by atoms with Gasteiger partial charge in [0.05, 0.1) is 12.6 Å². The highest BCUT2D eigenvalue weighted by Crippen LogP contribution is 2.41. The number of methoxy groups -OCH3 is 1. The number of hydrogen-bond donors (Lipinski definition) is 1. The summed E-state index contributed by atoms with van der Waals surface area (Å²) in [5.74, 6) is 2.04. The second-order valence-corrected chi connectivity index (χ2v) is 6.41. The molecule has 0 aromatic heterocycles. The van der Waals surface area contributed by atoms with Crippen molar-refractivity contribution >= 4 is 22.6 Å². The molecule has 1 N–H and O–H groups in total. The van der Waals surface area contributed by atoms with Crippen molar-refractivity contribution < 1.29 is 4.74 Å². The maximum absolute atomic E-state index is 5.23. The fraction of sp³-hybridized carbons (Fsp3) is 0.533. The van der Waals surface area contributed by atoms with Crippen LogP contribution in [0.15, 0.2) is 23.2 Å². The van der Waals surface area contributed by atoms with Crippen LogP contribution in [0.4, 0.5) is 5.69 Å². The van der Waals surface area contributed by atoms with E-state index in [1.165, 1.54) is 31.2 Å². The quantitative estimate of drug-likeness (QED) is 0.891. The van der Waals surface area contributed by atoms with Gasteiger partial charge >= 0.3 is 0 Å². The molecule has 0 bridgehead atoms. The predicted molar refractivity (Wildman–Crippen MR) is 82.4 cm³/mol. The molecule has 3 rings (SSSR count). The van der Waals surface area contributed by atoms with Crippen LogP contribution in [0.1, 0.15) is 31.2 Å². The van der Waals surface area contributed by atoms with E-state index in [1.54, 1.807) is 7.11 Å². The number of ether oxygens (including phenoxy) is 1. The Balaban J connectivity index is 1.75. The molecule has 1 aliphatic carbocycles. The molecule has 4 heteroatoms. The van der Waals surface area contributed by atoms with Gasteiger partial charge in [-0.3, -0.25) is 4.99 Å². The normalized spacial score (nSPS) is 20.6. The molecule has 0 saturated heterocycles. The van der Waals surface area contributed by atoms with Crippen LogP contribution in [0, 0.1) is 6.92 Å². The standard InChI is InChI=1S/C15H20N2OS/c1-11-9-12(18-2)5-6-13(11)16-14-17-15(10-19-14)7-3-4-8-15/h5-6,9H,3-4,7-8,10H2,1-2H3,(H,16,17). The second kappa shape index (κ2) is 5.08. The molecule has 1 heterocycles. The molecule has 1 aliphatic heterocycles. The van der Waals surface area contributed by atoms with Crippen LogP contribution in [-0.4, -0.2) is 23.6 Å². The number of benzene rings is 1. The van der Waals surface area contributed by atoms with Crippen molar-refractivity contribution in [3.05, 3.63) is 23.8 Å². The summed E-state index contributed by atoms with van der Waals surface area (Å²) in [5, 5.41) is 4.55. The second-order valence-electron chi connectivity index (χ2n) is 5.44. The van der Waals surface area contributed by atoms with Crippen LogP contribution in [0.2, 0.25) is 0 Å². The molecule has 0 radical (unpaired) electrons. The number of aryl methyl sites for hydroxylation is 1. The van der Waals surface area contributed by atoms with Crippen LogP contribution in [0.3, 0.4) is 0 Å². The lowest BCUT2D eigenvalue weighted by molar-refractivity contribution is 0.414. The number of nitrogens with one attached hydrogen (secondary N) is 1. The number of aliphatic imine (C=N–C) groups is 1. The molecule has 1 aromatic carbocycles. The van der Waals surface area contributed by atoms with Gasteiger partial charge in [0.25, 0.3) is 0 Å². The molecular formula is C15H20N2OS. The highest BCUT2D eigenvalue weighted by atomic mass is 32.2. The van der Waals surface area contributed by atoms with E-state index in [9.17, 15) is 0 Å². The minimum absolute atomic E-state index is 0.243. The third kappa shape index (κ3) is 2.59. The molecule has 2 aliphatic rings. The van der Waals surface area contributed by atoms with Crippen molar-refractivity contribution in [3.8, 4) is 5.75 Å². The average Bonchev–Trinajstić information content (AvgIpc) is 3.03. The third-order valence-corrected chi connectivity index (χ3v) is 5.17. The van der Waals surface area contributed by atoms with Crippen molar-refractivity contribution in [1.29, 1.82) is 0 Å². The summed E-state index contributed by atoms with van der Waals surface area (Å²) >= 11 is 1.86. The first-order chi connectivity index (χ1) is 9.21. The van der Waals surface area contributed by atoms with Crippen LogP contribution >= 0.6 is 11.8 Å². The van der Waals surface area contributed by atoms with Gasteiger partial charge in [-0.05, 0) is 43.5 Å². The Morgan fingerprint density at radius 2 is 2.11 bits per heavy atom. The molecule has 0 amide bonds. The molecule has 3 nitrogen and oxygen atoms in total. The van der Waals surface area contributed by atoms with Crippen molar-refractivity contribution in [3.63, 3.8) is 0 Å². The monoisotopic (exact) mass is 276 g/mol. The van der Waals surface area contributed by atoms with Gasteiger partial charge in [0.1, 0.15) is 5.75 Å². The molecule has 1 aromatic rings. The molecule has 102 valence electrons. The van der Waals surface area contributed by atoms with E-state index in [0.717, 1.165) is 22.4 Å². The Morgan fingerprint density at radius 1 is 1.32 bits per heavy atom. The summed E-state index contributed by atoms with van der Waals surface area (Å²) in [4.78, 5) is 4.94. The van der Waals surface area contributed by atoms with Gasteiger partial charge in [-0.1, -0.05) is 24.6 Å². The maximum atomic E-state index is 5.23. The molecule has 0 atom stereocenters. The van der Waals surface area contributed by atoms with E-state index in [4.69, 9.17) is 9.73 Å². The first-order valence-corrected chi connectivity index (χ1v) is 7.84. The lowest BCUT2D eigenvalue weighted by Gasteiger charge is -2.16. The van der Waals surface area contributed by atoms with Crippen LogP contribution < -0.4 is 10.1 Å². The number of amidine groups is 1. The van der Waals surface area contributed by atoms with Gasteiger partial charge < -0.3 is 10.1 Å². The zero-order valence-electron chi connectivity index (χ0n) is 11.5. The van der Waals surface area contributed by atoms with Crippen molar-refractivity contribution in [1.82, 2.24) is 0 Å². The summed E-state index contributed by atoms with van der Waals surface area (Å²) in [7, 11) is 1.70. The van der Waals surface area contributed by atoms with Gasteiger partial charge in [-0.15, -0.1) is 0 Å². The SMILES string of the molecule is COc1ccc(NC2=NC3(CCCC3)CS2)c(C)c1. The minimum Gasteiger partial charge on any atom is -0.497 e. The van der Waals surface area contributed by atoms with E-state index >= 15 is 0 Å². The molecule has 1 fully saturated rings. The Bertz CT molecular complexity index is 507. The average molecular weight is 276 g/mol. The molecule has 19 heavy (non-hydrogen) atoms. The van der Waals surface area contributed by atoms with Crippen LogP contribution in [0.5, 0.6) is 5.75 Å². The Labute approximate surface area is 118 Å². The number of anilines is 1. The summed E-state index contributed by atoms with van der Waals surface area (Å²) in [6.45, 7) is 2.09. The Hall–Kier alpha value is -1.16. The fourth-order valence-corrected chi connectivity index (χ4v) is 4.05. The van der Waals surface area contributed by atoms with Gasteiger partial charge in [0, 0.05) is 11.4 Å².